The highest BCUT2D eigenvalue weighted by atomic mass is 79.9. The van der Waals surface area contributed by atoms with Crippen molar-refractivity contribution in [3.05, 3.63) is 46.7 Å². The lowest BCUT2D eigenvalue weighted by atomic mass is 10.2. The molecule has 3 rings (SSSR count). The molecule has 0 aliphatic heterocycles. The van der Waals surface area contributed by atoms with E-state index in [1.165, 1.54) is 0 Å². The Balaban J connectivity index is 2.28. The van der Waals surface area contributed by atoms with Gasteiger partial charge < -0.3 is 9.47 Å². The average molecular weight is 347 g/mol. The van der Waals surface area contributed by atoms with Gasteiger partial charge in [-0.05, 0) is 46.6 Å². The van der Waals surface area contributed by atoms with Crippen LogP contribution in [-0.4, -0.2) is 23.6 Å². The van der Waals surface area contributed by atoms with E-state index in [-0.39, 0.29) is 0 Å². The normalized spacial score (nSPS) is 10.9. The van der Waals surface area contributed by atoms with E-state index in [0.717, 1.165) is 38.6 Å². The molecule has 2 heterocycles. The summed E-state index contributed by atoms with van der Waals surface area (Å²) >= 11 is 3.54. The van der Waals surface area contributed by atoms with Gasteiger partial charge in [-0.25, -0.2) is 4.98 Å². The van der Waals surface area contributed by atoms with Gasteiger partial charge in [-0.3, -0.25) is 4.40 Å². The molecule has 0 aliphatic carbocycles. The van der Waals surface area contributed by atoms with Crippen molar-refractivity contribution in [2.75, 3.05) is 14.2 Å². The van der Waals surface area contributed by atoms with Gasteiger partial charge in [-0.1, -0.05) is 6.07 Å². The van der Waals surface area contributed by atoms with E-state index in [4.69, 9.17) is 9.47 Å². The quantitative estimate of drug-likeness (QED) is 0.716. The van der Waals surface area contributed by atoms with Crippen LogP contribution in [-0.2, 0) is 0 Å². The van der Waals surface area contributed by atoms with Crippen molar-refractivity contribution < 1.29 is 9.47 Å². The van der Waals surface area contributed by atoms with E-state index >= 15 is 0 Å². The fourth-order valence-corrected chi connectivity index (χ4v) is 3.07. The molecule has 0 spiro atoms. The first-order chi connectivity index (χ1) is 10.1. The summed E-state index contributed by atoms with van der Waals surface area (Å²) in [7, 11) is 3.28. The molecule has 0 amide bonds. The molecule has 108 valence electrons. The highest BCUT2D eigenvalue weighted by Gasteiger charge is 2.14. The third-order valence-electron chi connectivity index (χ3n) is 3.43. The van der Waals surface area contributed by atoms with E-state index in [1.54, 1.807) is 14.2 Å². The molecule has 0 atom stereocenters. The lowest BCUT2D eigenvalue weighted by Gasteiger charge is -2.08. The summed E-state index contributed by atoms with van der Waals surface area (Å²) < 4.78 is 13.6. The number of aryl methyl sites for hydroxylation is 1. The van der Waals surface area contributed by atoms with Gasteiger partial charge >= 0.3 is 0 Å². The Morgan fingerprint density at radius 1 is 1.10 bits per heavy atom. The minimum atomic E-state index is 0.741. The lowest BCUT2D eigenvalue weighted by molar-refractivity contribution is 0.394. The molecule has 4 nitrogen and oxygen atoms in total. The van der Waals surface area contributed by atoms with Crippen molar-refractivity contribution >= 4 is 21.4 Å². The smallest absolute Gasteiger partial charge is 0.146 e. The number of rotatable bonds is 3. The number of ether oxygens (including phenoxy) is 2. The zero-order valence-corrected chi connectivity index (χ0v) is 13.6. The van der Waals surface area contributed by atoms with E-state index in [0.29, 0.717) is 0 Å². The molecule has 5 heteroatoms. The predicted molar refractivity (Wildman–Crippen MR) is 86.2 cm³/mol. The van der Waals surface area contributed by atoms with Gasteiger partial charge in [-0.15, -0.1) is 0 Å². The molecule has 21 heavy (non-hydrogen) atoms. The van der Waals surface area contributed by atoms with Gasteiger partial charge in [0, 0.05) is 17.8 Å². The SMILES string of the molecule is COc1cc(OC)cc(-c2nc(Br)c3c(C)cccn23)c1. The van der Waals surface area contributed by atoms with E-state index < -0.39 is 0 Å². The molecule has 0 unspecified atom stereocenters. The van der Waals surface area contributed by atoms with Crippen LogP contribution < -0.4 is 9.47 Å². The molecule has 0 radical (unpaired) electrons. The van der Waals surface area contributed by atoms with Crippen LogP contribution in [0.15, 0.2) is 41.1 Å². The Labute approximate surface area is 131 Å². The summed E-state index contributed by atoms with van der Waals surface area (Å²) in [6.07, 6.45) is 2.00. The van der Waals surface area contributed by atoms with Gasteiger partial charge in [0.2, 0.25) is 0 Å². The second kappa shape index (κ2) is 5.41. The van der Waals surface area contributed by atoms with E-state index in [2.05, 4.69) is 38.3 Å². The number of hydrogen-bond donors (Lipinski definition) is 0. The summed E-state index contributed by atoms with van der Waals surface area (Å²) in [6, 6.07) is 9.83. The van der Waals surface area contributed by atoms with Gasteiger partial charge in [0.1, 0.15) is 21.9 Å². The Morgan fingerprint density at radius 3 is 2.38 bits per heavy atom. The largest absolute Gasteiger partial charge is 0.497 e. The average Bonchev–Trinajstić information content (AvgIpc) is 2.85. The van der Waals surface area contributed by atoms with Gasteiger partial charge in [0.25, 0.3) is 0 Å². The Morgan fingerprint density at radius 2 is 1.76 bits per heavy atom. The van der Waals surface area contributed by atoms with Crippen LogP contribution in [0, 0.1) is 6.92 Å². The first kappa shape index (κ1) is 13.9. The number of hydrogen-bond acceptors (Lipinski definition) is 3. The van der Waals surface area contributed by atoms with Crippen LogP contribution >= 0.6 is 15.9 Å². The number of fused-ring (bicyclic) bond motifs is 1. The van der Waals surface area contributed by atoms with Crippen molar-refractivity contribution in [2.45, 2.75) is 6.92 Å². The summed E-state index contributed by atoms with van der Waals surface area (Å²) in [5, 5.41) is 0. The topological polar surface area (TPSA) is 35.8 Å². The van der Waals surface area contributed by atoms with Crippen LogP contribution in [0.2, 0.25) is 0 Å². The van der Waals surface area contributed by atoms with Crippen LogP contribution in [0.4, 0.5) is 0 Å². The number of imidazole rings is 1. The first-order valence-electron chi connectivity index (χ1n) is 6.50. The monoisotopic (exact) mass is 346 g/mol. The van der Waals surface area contributed by atoms with Crippen LogP contribution in [0.25, 0.3) is 16.9 Å². The first-order valence-corrected chi connectivity index (χ1v) is 7.30. The minimum absolute atomic E-state index is 0.741. The van der Waals surface area contributed by atoms with Crippen LogP contribution in [0.3, 0.4) is 0 Å². The second-order valence-corrected chi connectivity index (χ2v) is 5.49. The standard InChI is InChI=1S/C16H15BrN2O2/c1-10-5-4-6-19-14(10)15(17)18-16(19)11-7-12(20-2)9-13(8-11)21-3/h4-9H,1-3H3. The van der Waals surface area contributed by atoms with Gasteiger partial charge in [-0.2, -0.15) is 0 Å². The predicted octanol–water partition coefficient (Wildman–Crippen LogP) is 4.09. The summed E-state index contributed by atoms with van der Waals surface area (Å²) in [5.74, 6) is 2.33. The number of aromatic nitrogens is 2. The summed E-state index contributed by atoms with van der Waals surface area (Å²) in [6.45, 7) is 2.07. The number of halogens is 1. The number of benzene rings is 1. The summed E-state index contributed by atoms with van der Waals surface area (Å²) in [5.41, 5.74) is 3.17. The lowest BCUT2D eigenvalue weighted by Crippen LogP contribution is -1.93. The van der Waals surface area contributed by atoms with Crippen LogP contribution in [0.5, 0.6) is 11.5 Å². The van der Waals surface area contributed by atoms with Crippen molar-refractivity contribution in [3.8, 4) is 22.9 Å². The molecule has 0 saturated carbocycles. The van der Waals surface area contributed by atoms with E-state index in [9.17, 15) is 0 Å². The maximum Gasteiger partial charge on any atom is 0.146 e. The molecular weight excluding hydrogens is 332 g/mol. The molecule has 2 aromatic heterocycles. The maximum absolute atomic E-state index is 5.33. The van der Waals surface area contributed by atoms with E-state index in [1.807, 2.05) is 30.5 Å². The molecule has 0 bridgehead atoms. The number of methoxy groups -OCH3 is 2. The Hall–Kier alpha value is -2.01. The molecule has 0 N–H and O–H groups in total. The van der Waals surface area contributed by atoms with Crippen molar-refractivity contribution in [3.63, 3.8) is 0 Å². The zero-order valence-electron chi connectivity index (χ0n) is 12.1. The molecular formula is C16H15BrN2O2. The molecule has 3 aromatic rings. The molecule has 0 saturated heterocycles. The van der Waals surface area contributed by atoms with Crippen molar-refractivity contribution in [1.29, 1.82) is 0 Å². The third-order valence-corrected chi connectivity index (χ3v) is 3.99. The van der Waals surface area contributed by atoms with Crippen molar-refractivity contribution in [1.82, 2.24) is 9.38 Å². The molecule has 0 fully saturated rings. The minimum Gasteiger partial charge on any atom is -0.497 e. The second-order valence-electron chi connectivity index (χ2n) is 4.74. The third kappa shape index (κ3) is 2.38. The highest BCUT2D eigenvalue weighted by Crippen LogP contribution is 2.32. The van der Waals surface area contributed by atoms with Crippen LogP contribution in [0.1, 0.15) is 5.56 Å². The zero-order chi connectivity index (χ0) is 15.0. The highest BCUT2D eigenvalue weighted by molar-refractivity contribution is 9.10. The van der Waals surface area contributed by atoms with Crippen molar-refractivity contribution in [2.24, 2.45) is 0 Å². The Bertz CT molecular complexity index is 789. The molecule has 1 aromatic carbocycles. The maximum atomic E-state index is 5.33. The van der Waals surface area contributed by atoms with Gasteiger partial charge in [0.15, 0.2) is 0 Å². The number of pyridine rings is 1. The number of nitrogens with zero attached hydrogens (tertiary/aromatic N) is 2. The summed E-state index contributed by atoms with van der Waals surface area (Å²) in [4.78, 5) is 4.64. The fraction of sp³-hybridized carbons (Fsp3) is 0.188. The van der Waals surface area contributed by atoms with Gasteiger partial charge in [0.05, 0.1) is 19.7 Å². The fourth-order valence-electron chi connectivity index (χ4n) is 2.40. The Kier molecular flexibility index (Phi) is 3.59. The molecule has 0 aliphatic rings.